The highest BCUT2D eigenvalue weighted by Crippen LogP contribution is 2.15. The SMILES string of the molecule is CN(C(=O)c1cncc(Br)c1)C1CCNCC1.Cl.Cl. The van der Waals surface area contributed by atoms with Crippen molar-refractivity contribution in [1.29, 1.82) is 0 Å². The van der Waals surface area contributed by atoms with Crippen LogP contribution in [0.2, 0.25) is 0 Å². The number of carbonyl (C=O) groups is 1. The molecule has 1 aliphatic rings. The number of piperidine rings is 1. The van der Waals surface area contributed by atoms with Crippen molar-refractivity contribution < 1.29 is 4.79 Å². The summed E-state index contributed by atoms with van der Waals surface area (Å²) in [6.45, 7) is 1.97. The Morgan fingerprint density at radius 1 is 1.37 bits per heavy atom. The quantitative estimate of drug-likeness (QED) is 0.869. The van der Waals surface area contributed by atoms with Gasteiger partial charge in [-0.1, -0.05) is 0 Å². The molecule has 0 unspecified atom stereocenters. The van der Waals surface area contributed by atoms with E-state index in [1.54, 1.807) is 12.4 Å². The number of hydrogen-bond donors (Lipinski definition) is 1. The van der Waals surface area contributed by atoms with E-state index < -0.39 is 0 Å². The number of pyridine rings is 1. The highest BCUT2D eigenvalue weighted by Gasteiger charge is 2.22. The Morgan fingerprint density at radius 2 is 2.00 bits per heavy atom. The van der Waals surface area contributed by atoms with Crippen LogP contribution in [-0.4, -0.2) is 42.0 Å². The second-order valence-electron chi connectivity index (χ2n) is 4.29. The summed E-state index contributed by atoms with van der Waals surface area (Å²) in [6, 6.07) is 2.15. The molecule has 0 radical (unpaired) electrons. The van der Waals surface area contributed by atoms with Crippen molar-refractivity contribution >= 4 is 46.7 Å². The summed E-state index contributed by atoms with van der Waals surface area (Å²) in [5, 5.41) is 3.30. The van der Waals surface area contributed by atoms with E-state index in [0.717, 1.165) is 30.4 Å². The summed E-state index contributed by atoms with van der Waals surface area (Å²) in [4.78, 5) is 18.1. The minimum atomic E-state index is 0. The smallest absolute Gasteiger partial charge is 0.255 e. The summed E-state index contributed by atoms with van der Waals surface area (Å²) < 4.78 is 0.835. The lowest BCUT2D eigenvalue weighted by Crippen LogP contribution is -2.43. The number of halogens is 3. The van der Waals surface area contributed by atoms with E-state index in [4.69, 9.17) is 0 Å². The van der Waals surface area contributed by atoms with Crippen LogP contribution in [0.4, 0.5) is 0 Å². The fraction of sp³-hybridized carbons (Fsp3) is 0.500. The zero-order valence-corrected chi connectivity index (χ0v) is 13.9. The molecule has 4 nitrogen and oxygen atoms in total. The maximum absolute atomic E-state index is 12.2. The van der Waals surface area contributed by atoms with Gasteiger partial charge < -0.3 is 10.2 Å². The van der Waals surface area contributed by atoms with Crippen molar-refractivity contribution in [2.75, 3.05) is 20.1 Å². The maximum Gasteiger partial charge on any atom is 0.255 e. The molecule has 1 aromatic heterocycles. The Labute approximate surface area is 134 Å². The average molecular weight is 371 g/mol. The van der Waals surface area contributed by atoms with Gasteiger partial charge in [0.1, 0.15) is 0 Å². The molecule has 0 bridgehead atoms. The van der Waals surface area contributed by atoms with Crippen LogP contribution in [0.5, 0.6) is 0 Å². The van der Waals surface area contributed by atoms with Gasteiger partial charge in [-0.15, -0.1) is 24.8 Å². The Hall–Kier alpha value is -0.360. The number of hydrogen-bond acceptors (Lipinski definition) is 3. The van der Waals surface area contributed by atoms with Crippen LogP contribution < -0.4 is 5.32 Å². The monoisotopic (exact) mass is 369 g/mol. The fourth-order valence-electron chi connectivity index (χ4n) is 2.09. The lowest BCUT2D eigenvalue weighted by molar-refractivity contribution is 0.0702. The molecule has 0 atom stereocenters. The first-order valence-electron chi connectivity index (χ1n) is 5.77. The summed E-state index contributed by atoms with van der Waals surface area (Å²) in [5.41, 5.74) is 0.639. The maximum atomic E-state index is 12.2. The Balaban J connectivity index is 0.00000162. The average Bonchev–Trinajstić information content (AvgIpc) is 2.38. The lowest BCUT2D eigenvalue weighted by Gasteiger charge is -2.31. The van der Waals surface area contributed by atoms with Crippen molar-refractivity contribution in [2.45, 2.75) is 18.9 Å². The minimum Gasteiger partial charge on any atom is -0.339 e. The Kier molecular flexibility index (Phi) is 8.57. The van der Waals surface area contributed by atoms with Gasteiger partial charge in [0, 0.05) is 30.0 Å². The third kappa shape index (κ3) is 4.91. The minimum absolute atomic E-state index is 0. The lowest BCUT2D eigenvalue weighted by atomic mass is 10.0. The number of nitrogens with zero attached hydrogens (tertiary/aromatic N) is 2. The summed E-state index contributed by atoms with van der Waals surface area (Å²) >= 11 is 3.33. The van der Waals surface area contributed by atoms with Crippen LogP contribution in [0, 0.1) is 0 Å². The molecule has 1 aliphatic heterocycles. The van der Waals surface area contributed by atoms with E-state index in [-0.39, 0.29) is 30.7 Å². The normalized spacial score (nSPS) is 15.1. The number of aromatic nitrogens is 1. The molecule has 1 N–H and O–H groups in total. The molecule has 0 aromatic carbocycles. The highest BCUT2D eigenvalue weighted by molar-refractivity contribution is 9.10. The molecule has 2 heterocycles. The molecule has 0 saturated carbocycles. The largest absolute Gasteiger partial charge is 0.339 e. The van der Waals surface area contributed by atoms with Gasteiger partial charge in [0.2, 0.25) is 0 Å². The molecule has 1 saturated heterocycles. The van der Waals surface area contributed by atoms with Gasteiger partial charge in [-0.2, -0.15) is 0 Å². The van der Waals surface area contributed by atoms with Gasteiger partial charge in [0.15, 0.2) is 0 Å². The van der Waals surface area contributed by atoms with E-state index in [1.807, 2.05) is 18.0 Å². The van der Waals surface area contributed by atoms with Crippen LogP contribution in [-0.2, 0) is 0 Å². The summed E-state index contributed by atoms with van der Waals surface area (Å²) in [7, 11) is 1.87. The van der Waals surface area contributed by atoms with Gasteiger partial charge >= 0.3 is 0 Å². The first kappa shape index (κ1) is 18.6. The van der Waals surface area contributed by atoms with Crippen molar-refractivity contribution in [2.24, 2.45) is 0 Å². The number of carbonyl (C=O) groups excluding carboxylic acids is 1. The topological polar surface area (TPSA) is 45.2 Å². The van der Waals surface area contributed by atoms with E-state index in [1.165, 1.54) is 0 Å². The second-order valence-corrected chi connectivity index (χ2v) is 5.20. The molecular formula is C12H18BrCl2N3O. The fourth-order valence-corrected chi connectivity index (χ4v) is 2.46. The molecular weight excluding hydrogens is 353 g/mol. The number of nitrogens with one attached hydrogen (secondary N) is 1. The van der Waals surface area contributed by atoms with Gasteiger partial charge in [0.05, 0.1) is 5.56 Å². The third-order valence-electron chi connectivity index (χ3n) is 3.13. The predicted octanol–water partition coefficient (Wildman–Crippen LogP) is 2.51. The Bertz CT molecular complexity index is 414. The van der Waals surface area contributed by atoms with Crippen LogP contribution in [0.1, 0.15) is 23.2 Å². The van der Waals surface area contributed by atoms with Crippen LogP contribution in [0.15, 0.2) is 22.9 Å². The molecule has 19 heavy (non-hydrogen) atoms. The summed E-state index contributed by atoms with van der Waals surface area (Å²) in [6.07, 6.45) is 5.33. The van der Waals surface area contributed by atoms with Gasteiger partial charge in [-0.3, -0.25) is 9.78 Å². The van der Waals surface area contributed by atoms with Crippen molar-refractivity contribution in [3.8, 4) is 0 Å². The molecule has 1 fully saturated rings. The third-order valence-corrected chi connectivity index (χ3v) is 3.56. The van der Waals surface area contributed by atoms with Gasteiger partial charge in [0.25, 0.3) is 5.91 Å². The van der Waals surface area contributed by atoms with Crippen LogP contribution >= 0.6 is 40.7 Å². The van der Waals surface area contributed by atoms with Crippen molar-refractivity contribution in [1.82, 2.24) is 15.2 Å². The van der Waals surface area contributed by atoms with E-state index in [2.05, 4.69) is 26.2 Å². The molecule has 2 rings (SSSR count). The van der Waals surface area contributed by atoms with E-state index in [0.29, 0.717) is 11.6 Å². The number of rotatable bonds is 2. The first-order valence-corrected chi connectivity index (χ1v) is 6.56. The molecule has 0 spiro atoms. The standard InChI is InChI=1S/C12H16BrN3O.2ClH/c1-16(11-2-4-14-5-3-11)12(17)9-6-10(13)8-15-7-9;;/h6-8,11,14H,2-5H2,1H3;2*1H. The molecule has 1 aromatic rings. The predicted molar refractivity (Wildman–Crippen MR) is 84.4 cm³/mol. The van der Waals surface area contributed by atoms with Crippen molar-refractivity contribution in [3.05, 3.63) is 28.5 Å². The van der Waals surface area contributed by atoms with Crippen molar-refractivity contribution in [3.63, 3.8) is 0 Å². The molecule has 108 valence electrons. The van der Waals surface area contributed by atoms with Crippen LogP contribution in [0.3, 0.4) is 0 Å². The van der Waals surface area contributed by atoms with Crippen LogP contribution in [0.25, 0.3) is 0 Å². The number of amides is 1. The van der Waals surface area contributed by atoms with Gasteiger partial charge in [-0.25, -0.2) is 0 Å². The Morgan fingerprint density at radius 3 is 2.58 bits per heavy atom. The highest BCUT2D eigenvalue weighted by atomic mass is 79.9. The zero-order valence-electron chi connectivity index (χ0n) is 10.6. The zero-order chi connectivity index (χ0) is 12.3. The first-order chi connectivity index (χ1) is 8.18. The summed E-state index contributed by atoms with van der Waals surface area (Å²) in [5.74, 6) is 0.0469. The van der Waals surface area contributed by atoms with E-state index in [9.17, 15) is 4.79 Å². The molecule has 1 amide bonds. The molecule has 0 aliphatic carbocycles. The van der Waals surface area contributed by atoms with Gasteiger partial charge in [-0.05, 0) is 47.9 Å². The van der Waals surface area contributed by atoms with E-state index >= 15 is 0 Å². The molecule has 7 heteroatoms. The second kappa shape index (κ2) is 8.74.